The van der Waals surface area contributed by atoms with Gasteiger partial charge in [-0.2, -0.15) is 0 Å². The Morgan fingerprint density at radius 1 is 1.10 bits per heavy atom. The lowest BCUT2D eigenvalue weighted by molar-refractivity contribution is -0.123. The van der Waals surface area contributed by atoms with E-state index in [1.54, 1.807) is 27.2 Å². The van der Waals surface area contributed by atoms with Crippen LogP contribution in [0.25, 0.3) is 11.0 Å². The molecule has 0 saturated carbocycles. The standard InChI is InChI=1S/C23H20N4O2S/c1-15-8-10-16(11-9-15)27-21(28)13-17(22(27)20-7-4-12-30-20)23(29)25-26-14-24-18-5-2-3-6-19(18)26/h2-12,14,17,22H,13H2,1H3,(H,25,29). The summed E-state index contributed by atoms with van der Waals surface area (Å²) in [5.41, 5.74) is 6.50. The molecule has 0 spiro atoms. The number of carbonyl (C=O) groups is 2. The average Bonchev–Trinajstić information content (AvgIpc) is 3.48. The fourth-order valence-electron chi connectivity index (χ4n) is 4.01. The predicted octanol–water partition coefficient (Wildman–Crippen LogP) is 4.27. The predicted molar refractivity (Wildman–Crippen MR) is 118 cm³/mol. The lowest BCUT2D eigenvalue weighted by Gasteiger charge is -2.27. The summed E-state index contributed by atoms with van der Waals surface area (Å²) >= 11 is 1.56. The first-order valence-electron chi connectivity index (χ1n) is 9.77. The Bertz CT molecular complexity index is 1210. The number of nitrogens with one attached hydrogen (secondary N) is 1. The minimum Gasteiger partial charge on any atom is -0.303 e. The summed E-state index contributed by atoms with van der Waals surface area (Å²) in [4.78, 5) is 33.4. The number of aromatic nitrogens is 2. The molecule has 150 valence electrons. The van der Waals surface area contributed by atoms with E-state index in [1.807, 2.05) is 73.0 Å². The van der Waals surface area contributed by atoms with Crippen molar-refractivity contribution in [3.8, 4) is 0 Å². The number of hydrogen-bond donors (Lipinski definition) is 1. The molecule has 2 aromatic carbocycles. The highest BCUT2D eigenvalue weighted by Crippen LogP contribution is 2.43. The van der Waals surface area contributed by atoms with Crippen LogP contribution in [0.5, 0.6) is 0 Å². The quantitative estimate of drug-likeness (QED) is 0.540. The van der Waals surface area contributed by atoms with Crippen LogP contribution in [0.15, 0.2) is 72.4 Å². The molecule has 2 aromatic heterocycles. The molecule has 0 radical (unpaired) electrons. The van der Waals surface area contributed by atoms with Gasteiger partial charge in [-0.3, -0.25) is 15.0 Å². The SMILES string of the molecule is Cc1ccc(N2C(=O)CC(C(=O)Nn3cnc4ccccc43)C2c2cccs2)cc1. The zero-order valence-corrected chi connectivity index (χ0v) is 17.2. The molecule has 3 heterocycles. The third-order valence-electron chi connectivity index (χ3n) is 5.49. The lowest BCUT2D eigenvalue weighted by atomic mass is 9.98. The number of fused-ring (bicyclic) bond motifs is 1. The van der Waals surface area contributed by atoms with Crippen LogP contribution in [0.1, 0.15) is 22.9 Å². The minimum absolute atomic E-state index is 0.0482. The van der Waals surface area contributed by atoms with Crippen molar-refractivity contribution in [1.82, 2.24) is 9.66 Å². The maximum absolute atomic E-state index is 13.3. The third-order valence-corrected chi connectivity index (χ3v) is 6.43. The number of amides is 2. The van der Waals surface area contributed by atoms with Crippen LogP contribution in [0.2, 0.25) is 0 Å². The number of para-hydroxylation sites is 2. The number of thiophene rings is 1. The summed E-state index contributed by atoms with van der Waals surface area (Å²) in [6, 6.07) is 19.1. The number of rotatable bonds is 4. The van der Waals surface area contributed by atoms with E-state index >= 15 is 0 Å². The summed E-state index contributed by atoms with van der Waals surface area (Å²) in [5, 5.41) is 1.98. The molecule has 30 heavy (non-hydrogen) atoms. The normalized spacial score (nSPS) is 18.8. The van der Waals surface area contributed by atoms with Crippen LogP contribution in [-0.4, -0.2) is 21.5 Å². The Balaban J connectivity index is 1.49. The van der Waals surface area contributed by atoms with Crippen LogP contribution < -0.4 is 10.3 Å². The number of carbonyl (C=O) groups excluding carboxylic acids is 2. The van der Waals surface area contributed by atoms with Crippen molar-refractivity contribution in [2.45, 2.75) is 19.4 Å². The Labute approximate surface area is 177 Å². The van der Waals surface area contributed by atoms with Crippen LogP contribution >= 0.6 is 11.3 Å². The van der Waals surface area contributed by atoms with Gasteiger partial charge in [0.15, 0.2) is 0 Å². The number of anilines is 1. The van der Waals surface area contributed by atoms with Crippen molar-refractivity contribution in [3.05, 3.63) is 82.8 Å². The second-order valence-corrected chi connectivity index (χ2v) is 8.43. The number of hydrogen-bond acceptors (Lipinski definition) is 4. The molecule has 1 fully saturated rings. The van der Waals surface area contributed by atoms with Crippen molar-refractivity contribution in [3.63, 3.8) is 0 Å². The van der Waals surface area contributed by atoms with Crippen molar-refractivity contribution < 1.29 is 9.59 Å². The first kappa shape index (κ1) is 18.6. The molecular formula is C23H20N4O2S. The van der Waals surface area contributed by atoms with Gasteiger partial charge >= 0.3 is 0 Å². The average molecular weight is 417 g/mol. The molecule has 5 rings (SSSR count). The van der Waals surface area contributed by atoms with Gasteiger partial charge in [0.05, 0.1) is 23.0 Å². The second-order valence-electron chi connectivity index (χ2n) is 7.45. The molecule has 6 nitrogen and oxygen atoms in total. The number of benzene rings is 2. The molecule has 1 aliphatic rings. The van der Waals surface area contributed by atoms with Crippen molar-refractivity contribution in [2.24, 2.45) is 5.92 Å². The third kappa shape index (κ3) is 3.17. The molecule has 0 aliphatic carbocycles. The second kappa shape index (κ2) is 7.42. The Morgan fingerprint density at radius 3 is 2.67 bits per heavy atom. The molecule has 1 saturated heterocycles. The molecule has 2 unspecified atom stereocenters. The van der Waals surface area contributed by atoms with E-state index in [9.17, 15) is 9.59 Å². The van der Waals surface area contributed by atoms with Crippen molar-refractivity contribution in [2.75, 3.05) is 10.3 Å². The Kier molecular flexibility index (Phi) is 4.59. The van der Waals surface area contributed by atoms with E-state index in [4.69, 9.17) is 0 Å². The summed E-state index contributed by atoms with van der Waals surface area (Å²) in [6.07, 6.45) is 1.76. The molecule has 1 N–H and O–H groups in total. The van der Waals surface area contributed by atoms with Crippen LogP contribution in [0, 0.1) is 12.8 Å². The molecule has 1 aliphatic heterocycles. The number of aryl methyl sites for hydroxylation is 1. The van der Waals surface area contributed by atoms with Gasteiger partial charge in [0.1, 0.15) is 6.33 Å². The van der Waals surface area contributed by atoms with E-state index < -0.39 is 5.92 Å². The van der Waals surface area contributed by atoms with Crippen molar-refractivity contribution >= 4 is 39.9 Å². The van der Waals surface area contributed by atoms with Gasteiger partial charge in [0.25, 0.3) is 0 Å². The van der Waals surface area contributed by atoms with E-state index in [1.165, 1.54) is 0 Å². The number of nitrogens with zero attached hydrogens (tertiary/aromatic N) is 3. The molecular weight excluding hydrogens is 396 g/mol. The zero-order chi connectivity index (χ0) is 20.7. The van der Waals surface area contributed by atoms with E-state index in [2.05, 4.69) is 10.4 Å². The van der Waals surface area contributed by atoms with Crippen molar-refractivity contribution in [1.29, 1.82) is 0 Å². The van der Waals surface area contributed by atoms with Gasteiger partial charge < -0.3 is 4.90 Å². The molecule has 2 amide bonds. The first-order chi connectivity index (χ1) is 14.6. The first-order valence-corrected chi connectivity index (χ1v) is 10.6. The van der Waals surface area contributed by atoms with Gasteiger partial charge in [0, 0.05) is 17.0 Å². The summed E-state index contributed by atoms with van der Waals surface area (Å²) in [6.45, 7) is 2.01. The largest absolute Gasteiger partial charge is 0.303 e. The fourth-order valence-corrected chi connectivity index (χ4v) is 4.89. The highest BCUT2D eigenvalue weighted by molar-refractivity contribution is 7.10. The minimum atomic E-state index is -0.501. The van der Waals surface area contributed by atoms with Crippen LogP contribution in [-0.2, 0) is 9.59 Å². The fraction of sp³-hybridized carbons (Fsp3) is 0.174. The van der Waals surface area contributed by atoms with E-state index in [0.29, 0.717) is 0 Å². The van der Waals surface area contributed by atoms with Crippen LogP contribution in [0.4, 0.5) is 5.69 Å². The summed E-state index contributed by atoms with van der Waals surface area (Å²) < 4.78 is 1.63. The summed E-state index contributed by atoms with van der Waals surface area (Å²) in [7, 11) is 0. The number of imidazole rings is 1. The highest BCUT2D eigenvalue weighted by atomic mass is 32.1. The van der Waals surface area contributed by atoms with Gasteiger partial charge in [-0.1, -0.05) is 35.9 Å². The zero-order valence-electron chi connectivity index (χ0n) is 16.4. The van der Waals surface area contributed by atoms with E-state index in [-0.39, 0.29) is 24.3 Å². The maximum atomic E-state index is 13.3. The monoisotopic (exact) mass is 416 g/mol. The topological polar surface area (TPSA) is 67.2 Å². The molecule has 0 bridgehead atoms. The van der Waals surface area contributed by atoms with Gasteiger partial charge in [-0.15, -0.1) is 11.3 Å². The van der Waals surface area contributed by atoms with Gasteiger partial charge in [0.2, 0.25) is 11.8 Å². The highest BCUT2D eigenvalue weighted by Gasteiger charge is 2.46. The Morgan fingerprint density at radius 2 is 1.90 bits per heavy atom. The molecule has 7 heteroatoms. The van der Waals surface area contributed by atoms with Crippen LogP contribution in [0.3, 0.4) is 0 Å². The lowest BCUT2D eigenvalue weighted by Crippen LogP contribution is -2.34. The molecule has 4 aromatic rings. The van der Waals surface area contributed by atoms with Gasteiger partial charge in [-0.05, 0) is 42.6 Å². The van der Waals surface area contributed by atoms with Gasteiger partial charge in [-0.25, -0.2) is 9.66 Å². The summed E-state index contributed by atoms with van der Waals surface area (Å²) in [5.74, 6) is -0.744. The van der Waals surface area contributed by atoms with E-state index in [0.717, 1.165) is 27.2 Å². The smallest absolute Gasteiger partial charge is 0.244 e. The Hall–Kier alpha value is -3.45. The maximum Gasteiger partial charge on any atom is 0.244 e. The molecule has 2 atom stereocenters.